The van der Waals surface area contributed by atoms with Gasteiger partial charge in [0.15, 0.2) is 0 Å². The quantitative estimate of drug-likeness (QED) is 0.819. The number of rotatable bonds is 4. The fourth-order valence-corrected chi connectivity index (χ4v) is 4.56. The maximum Gasteiger partial charge on any atom is 0.0197 e. The minimum absolute atomic E-state index is 0.350. The Kier molecular flexibility index (Phi) is 4.34. The van der Waals surface area contributed by atoms with Crippen LogP contribution in [0.1, 0.15) is 46.5 Å². The van der Waals surface area contributed by atoms with Crippen molar-refractivity contribution in [3.8, 4) is 0 Å². The smallest absolute Gasteiger partial charge is 0.0197 e. The minimum Gasteiger partial charge on any atom is -0.327 e. The second-order valence-corrected chi connectivity index (χ2v) is 8.28. The summed E-state index contributed by atoms with van der Waals surface area (Å²) in [5.74, 6) is 0.694. The molecule has 2 saturated heterocycles. The van der Waals surface area contributed by atoms with Gasteiger partial charge in [-0.25, -0.2) is 0 Å². The highest BCUT2D eigenvalue weighted by molar-refractivity contribution is 5.11. The molecule has 2 heterocycles. The summed E-state index contributed by atoms with van der Waals surface area (Å²) in [6, 6.07) is 2.12. The molecule has 0 bridgehead atoms. The average molecular weight is 294 g/mol. The largest absolute Gasteiger partial charge is 0.327 e. The fourth-order valence-electron chi connectivity index (χ4n) is 4.56. The normalized spacial score (nSPS) is 42.9. The first-order valence-corrected chi connectivity index (χ1v) is 8.90. The van der Waals surface area contributed by atoms with Crippen molar-refractivity contribution < 1.29 is 0 Å². The van der Waals surface area contributed by atoms with Crippen molar-refractivity contribution in [3.05, 3.63) is 0 Å². The number of likely N-dealkylation sites (tertiary alicyclic amines) is 2. The molecule has 4 nitrogen and oxygen atoms in total. The highest BCUT2D eigenvalue weighted by atomic mass is 15.2. The van der Waals surface area contributed by atoms with Crippen LogP contribution in [-0.4, -0.2) is 60.1 Å². The van der Waals surface area contributed by atoms with Crippen LogP contribution in [0.15, 0.2) is 0 Å². The van der Waals surface area contributed by atoms with E-state index >= 15 is 0 Å². The van der Waals surface area contributed by atoms with Gasteiger partial charge in [-0.3, -0.25) is 4.90 Å². The van der Waals surface area contributed by atoms with Crippen LogP contribution in [0.3, 0.4) is 0 Å². The van der Waals surface area contributed by atoms with E-state index in [1.807, 2.05) is 0 Å². The van der Waals surface area contributed by atoms with Gasteiger partial charge in [-0.15, -0.1) is 0 Å². The van der Waals surface area contributed by atoms with Gasteiger partial charge in [-0.2, -0.15) is 0 Å². The Morgan fingerprint density at radius 1 is 1.14 bits per heavy atom. The lowest BCUT2D eigenvalue weighted by Crippen LogP contribution is -2.52. The van der Waals surface area contributed by atoms with E-state index in [4.69, 9.17) is 11.5 Å². The first kappa shape index (κ1) is 15.7. The summed E-state index contributed by atoms with van der Waals surface area (Å²) in [6.07, 6.45) is 5.10. The Morgan fingerprint density at radius 2 is 1.86 bits per heavy atom. The molecule has 1 saturated carbocycles. The zero-order valence-electron chi connectivity index (χ0n) is 14.1. The van der Waals surface area contributed by atoms with Gasteiger partial charge in [0.05, 0.1) is 0 Å². The molecule has 0 radical (unpaired) electrons. The molecule has 2 aliphatic heterocycles. The molecule has 3 aliphatic rings. The molecular weight excluding hydrogens is 260 g/mol. The van der Waals surface area contributed by atoms with Gasteiger partial charge in [0.2, 0.25) is 0 Å². The zero-order chi connectivity index (χ0) is 15.2. The second-order valence-electron chi connectivity index (χ2n) is 8.28. The molecule has 2 unspecified atom stereocenters. The molecule has 1 spiro atoms. The van der Waals surface area contributed by atoms with Gasteiger partial charge in [0, 0.05) is 42.7 Å². The van der Waals surface area contributed by atoms with Gasteiger partial charge >= 0.3 is 0 Å². The Labute approximate surface area is 130 Å². The highest BCUT2D eigenvalue weighted by Gasteiger charge is 2.55. The van der Waals surface area contributed by atoms with Crippen LogP contribution in [0.2, 0.25) is 0 Å². The van der Waals surface area contributed by atoms with E-state index in [2.05, 4.69) is 30.6 Å². The van der Waals surface area contributed by atoms with E-state index in [-0.39, 0.29) is 0 Å². The Hall–Kier alpha value is -0.160. The van der Waals surface area contributed by atoms with Crippen LogP contribution in [0, 0.1) is 11.3 Å². The lowest BCUT2D eigenvalue weighted by atomic mass is 9.86. The average Bonchev–Trinajstić information content (AvgIpc) is 2.85. The molecule has 5 atom stereocenters. The molecule has 3 rings (SSSR count). The molecule has 1 aliphatic carbocycles. The highest BCUT2D eigenvalue weighted by Crippen LogP contribution is 2.52. The third-order valence-corrected chi connectivity index (χ3v) is 6.50. The summed E-state index contributed by atoms with van der Waals surface area (Å²) in [5, 5.41) is 0. The van der Waals surface area contributed by atoms with E-state index in [0.717, 1.165) is 6.54 Å². The van der Waals surface area contributed by atoms with Crippen LogP contribution in [0.25, 0.3) is 0 Å². The van der Waals surface area contributed by atoms with Crippen molar-refractivity contribution >= 4 is 0 Å². The van der Waals surface area contributed by atoms with Crippen LogP contribution in [-0.2, 0) is 0 Å². The maximum atomic E-state index is 6.46. The molecule has 21 heavy (non-hydrogen) atoms. The number of hydrogen-bond acceptors (Lipinski definition) is 4. The van der Waals surface area contributed by atoms with E-state index in [9.17, 15) is 0 Å². The molecule has 0 aromatic heterocycles. The summed E-state index contributed by atoms with van der Waals surface area (Å²) in [7, 11) is 0. The van der Waals surface area contributed by atoms with Gasteiger partial charge in [-0.05, 0) is 65.5 Å². The predicted octanol–water partition coefficient (Wildman–Crippen LogP) is 1.25. The van der Waals surface area contributed by atoms with Gasteiger partial charge in [0.25, 0.3) is 0 Å². The summed E-state index contributed by atoms with van der Waals surface area (Å²) >= 11 is 0. The van der Waals surface area contributed by atoms with Gasteiger partial charge < -0.3 is 16.4 Å². The first-order valence-electron chi connectivity index (χ1n) is 8.90. The molecule has 3 fully saturated rings. The Morgan fingerprint density at radius 3 is 2.38 bits per heavy atom. The van der Waals surface area contributed by atoms with Crippen molar-refractivity contribution in [2.24, 2.45) is 22.8 Å². The van der Waals surface area contributed by atoms with Crippen LogP contribution in [0.5, 0.6) is 0 Å². The van der Waals surface area contributed by atoms with Gasteiger partial charge in [-0.1, -0.05) is 0 Å². The molecule has 122 valence electrons. The number of nitrogens with zero attached hydrogens (tertiary/aromatic N) is 2. The van der Waals surface area contributed by atoms with Crippen molar-refractivity contribution in [2.75, 3.05) is 26.2 Å². The monoisotopic (exact) mass is 294 g/mol. The number of piperidine rings is 1. The summed E-state index contributed by atoms with van der Waals surface area (Å²) in [6.45, 7) is 11.7. The number of nitrogens with two attached hydrogens (primary N) is 2. The Balaban J connectivity index is 1.48. The van der Waals surface area contributed by atoms with Crippen LogP contribution >= 0.6 is 0 Å². The van der Waals surface area contributed by atoms with E-state index in [1.165, 1.54) is 45.3 Å². The van der Waals surface area contributed by atoms with Gasteiger partial charge in [0.1, 0.15) is 0 Å². The number of hydrogen-bond donors (Lipinski definition) is 2. The third kappa shape index (κ3) is 3.14. The molecule has 0 amide bonds. The van der Waals surface area contributed by atoms with E-state index in [1.54, 1.807) is 0 Å². The topological polar surface area (TPSA) is 58.5 Å². The third-order valence-electron chi connectivity index (χ3n) is 6.50. The fraction of sp³-hybridized carbons (Fsp3) is 1.00. The lowest BCUT2D eigenvalue weighted by Gasteiger charge is -2.40. The molecule has 4 N–H and O–H groups in total. The van der Waals surface area contributed by atoms with E-state index in [0.29, 0.717) is 35.5 Å². The van der Waals surface area contributed by atoms with Crippen molar-refractivity contribution in [1.82, 2.24) is 9.80 Å². The summed E-state index contributed by atoms with van der Waals surface area (Å²) in [4.78, 5) is 5.20. The molecular formula is C17H34N4. The summed E-state index contributed by atoms with van der Waals surface area (Å²) in [5.41, 5.74) is 13.1. The lowest BCUT2D eigenvalue weighted by molar-refractivity contribution is 0.106. The van der Waals surface area contributed by atoms with E-state index < -0.39 is 0 Å². The summed E-state index contributed by atoms with van der Waals surface area (Å²) < 4.78 is 0. The van der Waals surface area contributed by atoms with Crippen molar-refractivity contribution in [1.29, 1.82) is 0 Å². The maximum absolute atomic E-state index is 6.46. The first-order chi connectivity index (χ1) is 9.91. The molecule has 0 aromatic rings. The van der Waals surface area contributed by atoms with Crippen molar-refractivity contribution in [2.45, 2.75) is 70.6 Å². The molecule has 0 aromatic carbocycles. The van der Waals surface area contributed by atoms with Crippen LogP contribution in [0.4, 0.5) is 0 Å². The Bertz CT molecular complexity index is 372. The standard InChI is InChI=1S/C17H34N4/c1-12(2)20-6-4-14(15(18)10-20)8-13(3)21-7-5-17(11-21)9-16(17)19/h12-16H,4-11,18-19H2,1-3H3/t13?,14?,15-,16+,17+/m1/s1. The van der Waals surface area contributed by atoms with Crippen molar-refractivity contribution in [3.63, 3.8) is 0 Å². The second kappa shape index (κ2) is 5.80. The SMILES string of the molecule is CC(C)N1CCC(CC(C)N2CC[C@]3(C[C@@H]3N)C2)[C@H](N)C1. The minimum atomic E-state index is 0.350. The zero-order valence-corrected chi connectivity index (χ0v) is 14.1. The predicted molar refractivity (Wildman–Crippen MR) is 88.1 cm³/mol. The molecule has 4 heteroatoms. The van der Waals surface area contributed by atoms with Crippen LogP contribution < -0.4 is 11.5 Å².